The van der Waals surface area contributed by atoms with Crippen molar-refractivity contribution in [2.24, 2.45) is 5.92 Å². The average Bonchev–Trinajstić information content (AvgIpc) is 2.92. The topological polar surface area (TPSA) is 66.5 Å². The van der Waals surface area contributed by atoms with E-state index in [0.29, 0.717) is 25.2 Å². The molecule has 1 saturated heterocycles. The van der Waals surface area contributed by atoms with Crippen molar-refractivity contribution in [3.63, 3.8) is 0 Å². The maximum absolute atomic E-state index is 12.5. The molecule has 1 N–H and O–H groups in total. The molecule has 1 amide bonds. The van der Waals surface area contributed by atoms with Crippen molar-refractivity contribution >= 4 is 15.9 Å². The maximum Gasteiger partial charge on any atom is 0.253 e. The van der Waals surface area contributed by atoms with Crippen molar-refractivity contribution in [3.05, 3.63) is 46.9 Å². The quantitative estimate of drug-likeness (QED) is 0.899. The van der Waals surface area contributed by atoms with Crippen LogP contribution >= 0.6 is 0 Å². The van der Waals surface area contributed by atoms with Crippen molar-refractivity contribution in [1.29, 1.82) is 0 Å². The van der Waals surface area contributed by atoms with Crippen LogP contribution in [0, 0.1) is 19.8 Å². The van der Waals surface area contributed by atoms with Gasteiger partial charge < -0.3 is 4.90 Å². The molecule has 2 rings (SSSR count). The van der Waals surface area contributed by atoms with Crippen molar-refractivity contribution in [3.8, 4) is 0 Å². The number of likely N-dealkylation sites (tertiary alicyclic amines) is 1. The van der Waals surface area contributed by atoms with E-state index in [9.17, 15) is 13.2 Å². The Labute approximate surface area is 132 Å². The van der Waals surface area contributed by atoms with E-state index in [1.54, 1.807) is 4.90 Å². The molecule has 1 aromatic carbocycles. The number of aryl methyl sites for hydroxylation is 2. The Morgan fingerprint density at radius 1 is 1.36 bits per heavy atom. The Kier molecular flexibility index (Phi) is 5.03. The lowest BCUT2D eigenvalue weighted by Gasteiger charge is -2.17. The SMILES string of the molecule is C=CS(=O)(=O)NCC1CCN(C(=O)c2cc(C)cc(C)c2)C1. The second kappa shape index (κ2) is 6.62. The summed E-state index contributed by atoms with van der Waals surface area (Å²) in [4.78, 5) is 14.3. The molecule has 0 bridgehead atoms. The van der Waals surface area contributed by atoms with Gasteiger partial charge in [-0.05, 0) is 38.3 Å². The van der Waals surface area contributed by atoms with Gasteiger partial charge in [-0.15, -0.1) is 0 Å². The summed E-state index contributed by atoms with van der Waals surface area (Å²) in [5, 5.41) is 0.903. The van der Waals surface area contributed by atoms with E-state index in [0.717, 1.165) is 23.0 Å². The Balaban J connectivity index is 1.98. The van der Waals surface area contributed by atoms with Crippen LogP contribution in [0.4, 0.5) is 0 Å². The summed E-state index contributed by atoms with van der Waals surface area (Å²) in [5.41, 5.74) is 2.83. The van der Waals surface area contributed by atoms with Crippen LogP contribution in [-0.4, -0.2) is 38.9 Å². The molecule has 22 heavy (non-hydrogen) atoms. The minimum absolute atomic E-state index is 0.0147. The number of carbonyl (C=O) groups excluding carboxylic acids is 1. The first-order chi connectivity index (χ1) is 10.3. The molecule has 1 aliphatic heterocycles. The first kappa shape index (κ1) is 16.7. The molecule has 0 radical (unpaired) electrons. The zero-order chi connectivity index (χ0) is 16.3. The zero-order valence-corrected chi connectivity index (χ0v) is 13.8. The van der Waals surface area contributed by atoms with Crippen molar-refractivity contribution in [2.75, 3.05) is 19.6 Å². The molecule has 0 spiro atoms. The molecule has 1 unspecified atom stereocenters. The Morgan fingerprint density at radius 2 is 2.00 bits per heavy atom. The summed E-state index contributed by atoms with van der Waals surface area (Å²) in [7, 11) is -3.40. The first-order valence-electron chi connectivity index (χ1n) is 7.30. The van der Waals surface area contributed by atoms with E-state index in [4.69, 9.17) is 0 Å². The molecule has 5 nitrogen and oxygen atoms in total. The van der Waals surface area contributed by atoms with Crippen LogP contribution in [0.3, 0.4) is 0 Å². The molecule has 0 saturated carbocycles. The monoisotopic (exact) mass is 322 g/mol. The molecule has 0 aromatic heterocycles. The number of hydrogen-bond donors (Lipinski definition) is 1. The summed E-state index contributed by atoms with van der Waals surface area (Å²) in [6.07, 6.45) is 0.802. The molecule has 1 atom stereocenters. The van der Waals surface area contributed by atoms with Gasteiger partial charge in [0.15, 0.2) is 0 Å². The second-order valence-electron chi connectivity index (χ2n) is 5.84. The van der Waals surface area contributed by atoms with E-state index < -0.39 is 10.0 Å². The molecular weight excluding hydrogens is 300 g/mol. The molecule has 6 heteroatoms. The number of carbonyl (C=O) groups is 1. The van der Waals surface area contributed by atoms with E-state index in [-0.39, 0.29) is 11.8 Å². The molecule has 1 heterocycles. The molecular formula is C16H22N2O3S. The van der Waals surface area contributed by atoms with Gasteiger partial charge in [0, 0.05) is 30.6 Å². The third-order valence-electron chi connectivity index (χ3n) is 3.83. The van der Waals surface area contributed by atoms with Gasteiger partial charge in [-0.1, -0.05) is 23.8 Å². The number of sulfonamides is 1. The highest BCUT2D eigenvalue weighted by Gasteiger charge is 2.27. The second-order valence-corrected chi connectivity index (χ2v) is 7.55. The maximum atomic E-state index is 12.5. The fraction of sp³-hybridized carbons (Fsp3) is 0.438. The number of nitrogens with one attached hydrogen (secondary N) is 1. The van der Waals surface area contributed by atoms with Gasteiger partial charge in [0.05, 0.1) is 0 Å². The lowest BCUT2D eigenvalue weighted by molar-refractivity contribution is 0.0787. The van der Waals surface area contributed by atoms with Gasteiger partial charge in [-0.3, -0.25) is 4.79 Å². The average molecular weight is 322 g/mol. The standard InChI is InChI=1S/C16H22N2O3S/c1-4-22(20,21)17-10-14-5-6-18(11-14)16(19)15-8-12(2)7-13(3)9-15/h4,7-9,14,17H,1,5-6,10-11H2,2-3H3. The fourth-order valence-corrected chi connectivity index (χ4v) is 3.34. The molecule has 1 aromatic rings. The third kappa shape index (κ3) is 4.18. The van der Waals surface area contributed by atoms with Crippen molar-refractivity contribution < 1.29 is 13.2 Å². The number of amides is 1. The summed E-state index contributed by atoms with van der Waals surface area (Å²) in [6.45, 7) is 8.78. The van der Waals surface area contributed by atoms with E-state index in [1.165, 1.54) is 0 Å². The highest BCUT2D eigenvalue weighted by Crippen LogP contribution is 2.19. The van der Waals surface area contributed by atoms with Crippen LogP contribution in [-0.2, 0) is 10.0 Å². The lowest BCUT2D eigenvalue weighted by Crippen LogP contribution is -2.32. The summed E-state index contributed by atoms with van der Waals surface area (Å²) >= 11 is 0. The number of benzene rings is 1. The minimum Gasteiger partial charge on any atom is -0.338 e. The van der Waals surface area contributed by atoms with E-state index >= 15 is 0 Å². The minimum atomic E-state index is -3.40. The molecule has 1 aliphatic rings. The van der Waals surface area contributed by atoms with Crippen molar-refractivity contribution in [1.82, 2.24) is 9.62 Å². The summed E-state index contributed by atoms with van der Waals surface area (Å²) < 4.78 is 25.2. The van der Waals surface area contributed by atoms with Gasteiger partial charge in [0.25, 0.3) is 5.91 Å². The van der Waals surface area contributed by atoms with E-state index in [1.807, 2.05) is 32.0 Å². The van der Waals surface area contributed by atoms with E-state index in [2.05, 4.69) is 11.3 Å². The van der Waals surface area contributed by atoms with Crippen LogP contribution in [0.5, 0.6) is 0 Å². The predicted molar refractivity (Wildman–Crippen MR) is 87.0 cm³/mol. The Bertz CT molecular complexity index is 662. The first-order valence-corrected chi connectivity index (χ1v) is 8.85. The smallest absolute Gasteiger partial charge is 0.253 e. The van der Waals surface area contributed by atoms with Crippen LogP contribution < -0.4 is 4.72 Å². The summed E-state index contributed by atoms with van der Waals surface area (Å²) in [5.74, 6) is 0.158. The predicted octanol–water partition coefficient (Wildman–Crippen LogP) is 1.83. The summed E-state index contributed by atoms with van der Waals surface area (Å²) in [6, 6.07) is 5.82. The van der Waals surface area contributed by atoms with Crippen LogP contribution in [0.15, 0.2) is 30.2 Å². The number of rotatable bonds is 5. The largest absolute Gasteiger partial charge is 0.338 e. The highest BCUT2D eigenvalue weighted by atomic mass is 32.2. The Morgan fingerprint density at radius 3 is 2.59 bits per heavy atom. The van der Waals surface area contributed by atoms with Crippen LogP contribution in [0.25, 0.3) is 0 Å². The fourth-order valence-electron chi connectivity index (χ4n) is 2.76. The highest BCUT2D eigenvalue weighted by molar-refractivity contribution is 7.92. The van der Waals surface area contributed by atoms with Gasteiger partial charge in [0.1, 0.15) is 0 Å². The van der Waals surface area contributed by atoms with Crippen molar-refractivity contribution in [2.45, 2.75) is 20.3 Å². The van der Waals surface area contributed by atoms with Gasteiger partial charge in [-0.25, -0.2) is 13.1 Å². The van der Waals surface area contributed by atoms with Gasteiger partial charge >= 0.3 is 0 Å². The number of hydrogen-bond acceptors (Lipinski definition) is 3. The molecule has 0 aliphatic carbocycles. The lowest BCUT2D eigenvalue weighted by atomic mass is 10.1. The normalized spacial score (nSPS) is 18.5. The molecule has 120 valence electrons. The van der Waals surface area contributed by atoms with Crippen LogP contribution in [0.2, 0.25) is 0 Å². The Hall–Kier alpha value is -1.66. The number of nitrogens with zero attached hydrogens (tertiary/aromatic N) is 1. The molecule has 1 fully saturated rings. The van der Waals surface area contributed by atoms with Gasteiger partial charge in [-0.2, -0.15) is 0 Å². The zero-order valence-electron chi connectivity index (χ0n) is 13.0. The third-order valence-corrected chi connectivity index (χ3v) is 4.84. The van der Waals surface area contributed by atoms with Crippen LogP contribution in [0.1, 0.15) is 27.9 Å². The van der Waals surface area contributed by atoms with Gasteiger partial charge in [0.2, 0.25) is 10.0 Å².